The summed E-state index contributed by atoms with van der Waals surface area (Å²) in [5, 5.41) is 3.69. The number of hydrogen-bond donors (Lipinski definition) is 2. The van der Waals surface area contributed by atoms with E-state index in [9.17, 15) is 9.59 Å². The molecule has 25 heavy (non-hydrogen) atoms. The van der Waals surface area contributed by atoms with E-state index in [4.69, 9.17) is 7.52 Å². The van der Waals surface area contributed by atoms with E-state index in [1.807, 2.05) is 58.0 Å². The molecule has 5 nitrogen and oxygen atoms in total. The van der Waals surface area contributed by atoms with Crippen molar-refractivity contribution in [2.75, 3.05) is 7.02 Å². The van der Waals surface area contributed by atoms with Gasteiger partial charge in [0.2, 0.25) is 5.91 Å². The van der Waals surface area contributed by atoms with Crippen LogP contribution in [0.15, 0.2) is 30.3 Å². The second kappa shape index (κ2) is 10.9. The summed E-state index contributed by atoms with van der Waals surface area (Å²) < 4.78 is 20.6. The Morgan fingerprint density at radius 1 is 1.08 bits per heavy atom. The molecule has 1 aromatic carbocycles. The highest BCUT2D eigenvalue weighted by atomic mass is 16.5. The quantitative estimate of drug-likeness (QED) is 0.637. The zero-order valence-electron chi connectivity index (χ0n) is 17.7. The van der Waals surface area contributed by atoms with Crippen molar-refractivity contribution in [1.29, 1.82) is 0 Å². The zero-order valence-corrected chi connectivity index (χ0v) is 15.7. The number of amides is 1. The summed E-state index contributed by atoms with van der Waals surface area (Å²) in [5.74, 6) is -0.514. The van der Waals surface area contributed by atoms with Gasteiger partial charge in [0.15, 0.2) is 0 Å². The Morgan fingerprint density at radius 2 is 1.68 bits per heavy atom. The Hall–Kier alpha value is -1.88. The number of benzene rings is 1. The maximum absolute atomic E-state index is 12.7. The van der Waals surface area contributed by atoms with Gasteiger partial charge in [-0.3, -0.25) is 4.79 Å². The van der Waals surface area contributed by atoms with Gasteiger partial charge in [0.25, 0.3) is 0 Å². The molecule has 0 saturated heterocycles. The van der Waals surface area contributed by atoms with Gasteiger partial charge >= 0.3 is 5.97 Å². The summed E-state index contributed by atoms with van der Waals surface area (Å²) in [4.78, 5) is 25.2. The molecular formula is C20H32N2O3. The fourth-order valence-electron chi connectivity index (χ4n) is 2.49. The van der Waals surface area contributed by atoms with Crippen LogP contribution in [0.4, 0.5) is 0 Å². The highest BCUT2D eigenvalue weighted by Crippen LogP contribution is 2.10. The van der Waals surface area contributed by atoms with Crippen molar-refractivity contribution in [1.82, 2.24) is 10.6 Å². The highest BCUT2D eigenvalue weighted by molar-refractivity contribution is 5.87. The molecule has 0 fully saturated rings. The third kappa shape index (κ3) is 8.16. The molecule has 0 aromatic heterocycles. The molecule has 0 aliphatic carbocycles. The smallest absolute Gasteiger partial charge is 0.328 e. The van der Waals surface area contributed by atoms with Crippen LogP contribution < -0.4 is 10.6 Å². The van der Waals surface area contributed by atoms with Gasteiger partial charge in [-0.15, -0.1) is 0 Å². The standard InChI is InChI=1S/C20H32N2O3/c1-14(2)11-17(21-5)19(23)22-18(12-15(3)4)20(24)25-13-16-9-7-6-8-10-16/h6-10,14-15,17-18,21H,11-13H2,1-5H3,(H,22,23)/t17-,18-/m0/s1/i5D/hD. The molecule has 1 rings (SSSR count). The number of carbonyl (C=O) groups excluding carboxylic acids is 2. The topological polar surface area (TPSA) is 67.4 Å². The SMILES string of the molecule is [2H]CN([2H])[C@@H](CC(C)C)C(=O)N[C@@H](CC(C)C)C(=O)OCc1ccccc1. The summed E-state index contributed by atoms with van der Waals surface area (Å²) in [6, 6.07) is 7.84. The van der Waals surface area contributed by atoms with Crippen molar-refractivity contribution in [2.24, 2.45) is 11.8 Å². The monoisotopic (exact) mass is 350 g/mol. The molecule has 0 saturated carbocycles. The average molecular weight is 350 g/mol. The van der Waals surface area contributed by atoms with Crippen LogP contribution in [-0.4, -0.2) is 31.0 Å². The average Bonchev–Trinajstić information content (AvgIpc) is 2.63. The van der Waals surface area contributed by atoms with Crippen LogP contribution in [0.3, 0.4) is 0 Å². The van der Waals surface area contributed by atoms with Crippen LogP contribution in [0.2, 0.25) is 1.41 Å². The lowest BCUT2D eigenvalue weighted by atomic mass is 10.0. The van der Waals surface area contributed by atoms with E-state index in [-0.39, 0.29) is 25.5 Å². The van der Waals surface area contributed by atoms with Gasteiger partial charge in [-0.1, -0.05) is 58.0 Å². The summed E-state index contributed by atoms with van der Waals surface area (Å²) >= 11 is 0. The lowest BCUT2D eigenvalue weighted by Crippen LogP contribution is -2.50. The first kappa shape index (κ1) is 17.9. The number of esters is 1. The Kier molecular flexibility index (Phi) is 7.80. The van der Waals surface area contributed by atoms with Crippen molar-refractivity contribution in [2.45, 2.75) is 59.2 Å². The van der Waals surface area contributed by atoms with E-state index in [0.29, 0.717) is 12.8 Å². The predicted octanol–water partition coefficient (Wildman–Crippen LogP) is 2.89. The molecule has 0 bridgehead atoms. The van der Waals surface area contributed by atoms with Crippen LogP contribution in [0.25, 0.3) is 0 Å². The molecule has 1 aromatic rings. The van der Waals surface area contributed by atoms with Gasteiger partial charge in [-0.2, -0.15) is 0 Å². The fourth-order valence-corrected chi connectivity index (χ4v) is 2.49. The first-order chi connectivity index (χ1) is 12.7. The van der Waals surface area contributed by atoms with Crippen molar-refractivity contribution in [3.63, 3.8) is 0 Å². The summed E-state index contributed by atoms with van der Waals surface area (Å²) in [6.07, 6.45) is 0.897. The second-order valence-electron chi connectivity index (χ2n) is 7.11. The third-order valence-electron chi connectivity index (χ3n) is 3.75. The number of carbonyl (C=O) groups is 2. The molecule has 0 aliphatic rings. The Balaban J connectivity index is 2.78. The van der Waals surface area contributed by atoms with Crippen molar-refractivity contribution >= 4 is 11.9 Å². The van der Waals surface area contributed by atoms with Crippen LogP contribution in [0, 0.1) is 11.8 Å². The minimum absolute atomic E-state index is 0.150. The normalized spacial score (nSPS) is 14.8. The Morgan fingerprint density at radius 3 is 2.24 bits per heavy atom. The van der Waals surface area contributed by atoms with Crippen LogP contribution in [0.5, 0.6) is 0 Å². The van der Waals surface area contributed by atoms with Gasteiger partial charge in [0.1, 0.15) is 14.1 Å². The third-order valence-corrected chi connectivity index (χ3v) is 3.75. The van der Waals surface area contributed by atoms with E-state index in [0.717, 1.165) is 10.9 Å². The van der Waals surface area contributed by atoms with Crippen LogP contribution in [0.1, 0.15) is 47.5 Å². The Labute approximate surface area is 154 Å². The predicted molar refractivity (Wildman–Crippen MR) is 99.9 cm³/mol. The Bertz CT molecular complexity index is 582. The fraction of sp³-hybridized carbons (Fsp3) is 0.600. The number of nitrogens with one attached hydrogen (secondary N) is 2. The van der Waals surface area contributed by atoms with E-state index >= 15 is 0 Å². The molecule has 0 unspecified atom stereocenters. The second-order valence-corrected chi connectivity index (χ2v) is 7.11. The number of hydrogen-bond acceptors (Lipinski definition) is 4. The van der Waals surface area contributed by atoms with E-state index in [2.05, 4.69) is 5.32 Å². The minimum Gasteiger partial charge on any atom is -0.459 e. The lowest BCUT2D eigenvalue weighted by molar-refractivity contribution is -0.149. The molecular weight excluding hydrogens is 316 g/mol. The van der Waals surface area contributed by atoms with Crippen molar-refractivity contribution < 1.29 is 17.1 Å². The van der Waals surface area contributed by atoms with Gasteiger partial charge < -0.3 is 15.4 Å². The van der Waals surface area contributed by atoms with Crippen LogP contribution in [-0.2, 0) is 20.9 Å². The molecule has 0 heterocycles. The molecule has 0 aliphatic heterocycles. The molecule has 1 amide bonds. The first-order valence-corrected chi connectivity index (χ1v) is 8.80. The van der Waals surface area contributed by atoms with Crippen molar-refractivity contribution in [3.8, 4) is 0 Å². The summed E-state index contributed by atoms with van der Waals surface area (Å²) in [5.41, 5.74) is 0.879. The number of ether oxygens (including phenoxy) is 1. The summed E-state index contributed by atoms with van der Waals surface area (Å²) in [6.45, 7) is 8.00. The number of likely N-dealkylation sites (N-methyl/N-ethyl adjacent to an activating group) is 1. The van der Waals surface area contributed by atoms with E-state index < -0.39 is 24.0 Å². The molecule has 0 radical (unpaired) electrons. The maximum Gasteiger partial charge on any atom is 0.328 e. The van der Waals surface area contributed by atoms with Crippen molar-refractivity contribution in [3.05, 3.63) is 35.9 Å². The zero-order chi connectivity index (χ0) is 20.4. The van der Waals surface area contributed by atoms with Gasteiger partial charge in [0, 0.05) is 1.37 Å². The molecule has 140 valence electrons. The molecule has 0 spiro atoms. The summed E-state index contributed by atoms with van der Waals surface area (Å²) in [7, 11) is -0.307. The van der Waals surface area contributed by atoms with Gasteiger partial charge in [-0.25, -0.2) is 4.79 Å². The molecule has 2 atom stereocenters. The largest absolute Gasteiger partial charge is 0.459 e. The van der Waals surface area contributed by atoms with E-state index in [1.54, 1.807) is 0 Å². The van der Waals surface area contributed by atoms with Gasteiger partial charge in [-0.05, 0) is 37.3 Å². The highest BCUT2D eigenvalue weighted by Gasteiger charge is 2.27. The lowest BCUT2D eigenvalue weighted by Gasteiger charge is -2.23. The molecule has 5 heteroatoms. The molecule has 2 N–H and O–H groups in total. The minimum atomic E-state index is -0.769. The van der Waals surface area contributed by atoms with Crippen LogP contribution >= 0.6 is 0 Å². The van der Waals surface area contributed by atoms with Gasteiger partial charge in [0.05, 0.1) is 6.04 Å². The first-order valence-electron chi connectivity index (χ1n) is 9.95. The maximum atomic E-state index is 12.7. The number of rotatable bonds is 10. The van der Waals surface area contributed by atoms with E-state index in [1.165, 1.54) is 0 Å².